The van der Waals surface area contributed by atoms with Gasteiger partial charge in [-0.2, -0.15) is 0 Å². The number of hydrogen-bond donors (Lipinski definition) is 2. The Kier molecular flexibility index (Phi) is 4.44. The molecule has 0 bridgehead atoms. The van der Waals surface area contributed by atoms with Gasteiger partial charge in [0.2, 0.25) is 0 Å². The standard InChI is InChI=1S/C13H19FO2/c1-13(2,7-8-15)12(16)9-10-3-5-11(14)6-4-10/h3-6,12,15-16H,7-9H2,1-2H3. The molecule has 0 saturated carbocycles. The number of aliphatic hydroxyl groups is 2. The van der Waals surface area contributed by atoms with Gasteiger partial charge in [-0.15, -0.1) is 0 Å². The van der Waals surface area contributed by atoms with Crippen LogP contribution in [0.25, 0.3) is 0 Å². The minimum atomic E-state index is -0.537. The molecule has 0 aliphatic rings. The van der Waals surface area contributed by atoms with Crippen molar-refractivity contribution in [2.24, 2.45) is 5.41 Å². The molecule has 1 unspecified atom stereocenters. The molecule has 0 fully saturated rings. The van der Waals surface area contributed by atoms with Gasteiger partial charge in [0.1, 0.15) is 5.82 Å². The predicted octanol–water partition coefficient (Wildman–Crippen LogP) is 2.14. The second-order valence-electron chi connectivity index (χ2n) is 4.81. The van der Waals surface area contributed by atoms with Crippen molar-refractivity contribution in [1.29, 1.82) is 0 Å². The molecule has 0 saturated heterocycles. The van der Waals surface area contributed by atoms with E-state index in [4.69, 9.17) is 5.11 Å². The van der Waals surface area contributed by atoms with Crippen molar-refractivity contribution in [3.05, 3.63) is 35.6 Å². The molecule has 0 radical (unpaired) electrons. The van der Waals surface area contributed by atoms with Gasteiger partial charge in [0.05, 0.1) is 6.10 Å². The summed E-state index contributed by atoms with van der Waals surface area (Å²) >= 11 is 0. The van der Waals surface area contributed by atoms with E-state index < -0.39 is 6.10 Å². The number of hydrogen-bond acceptors (Lipinski definition) is 2. The van der Waals surface area contributed by atoms with Crippen molar-refractivity contribution in [1.82, 2.24) is 0 Å². The van der Waals surface area contributed by atoms with Crippen LogP contribution in [0, 0.1) is 11.2 Å². The molecule has 0 aliphatic carbocycles. The third-order valence-corrected chi connectivity index (χ3v) is 3.00. The van der Waals surface area contributed by atoms with E-state index in [9.17, 15) is 9.50 Å². The summed E-state index contributed by atoms with van der Waals surface area (Å²) < 4.78 is 12.7. The lowest BCUT2D eigenvalue weighted by atomic mass is 9.80. The summed E-state index contributed by atoms with van der Waals surface area (Å²) in [4.78, 5) is 0. The number of benzene rings is 1. The van der Waals surface area contributed by atoms with Crippen LogP contribution in [0.15, 0.2) is 24.3 Å². The van der Waals surface area contributed by atoms with Crippen LogP contribution in [0.5, 0.6) is 0 Å². The molecule has 1 aromatic rings. The van der Waals surface area contributed by atoms with Crippen molar-refractivity contribution in [3.63, 3.8) is 0 Å². The maximum absolute atomic E-state index is 12.7. The molecule has 0 spiro atoms. The summed E-state index contributed by atoms with van der Waals surface area (Å²) in [5, 5.41) is 18.9. The van der Waals surface area contributed by atoms with E-state index in [1.165, 1.54) is 12.1 Å². The summed E-state index contributed by atoms with van der Waals surface area (Å²) in [6.45, 7) is 3.89. The molecule has 2 N–H and O–H groups in total. The Morgan fingerprint density at radius 2 is 1.81 bits per heavy atom. The first-order valence-electron chi connectivity index (χ1n) is 5.49. The highest BCUT2D eigenvalue weighted by Gasteiger charge is 2.27. The van der Waals surface area contributed by atoms with Gasteiger partial charge in [-0.3, -0.25) is 0 Å². The second-order valence-corrected chi connectivity index (χ2v) is 4.81. The molecule has 0 aliphatic heterocycles. The number of rotatable bonds is 5. The third kappa shape index (κ3) is 3.58. The monoisotopic (exact) mass is 226 g/mol. The van der Waals surface area contributed by atoms with Crippen LogP contribution >= 0.6 is 0 Å². The summed E-state index contributed by atoms with van der Waals surface area (Å²) in [5.74, 6) is -0.271. The van der Waals surface area contributed by atoms with E-state index in [1.54, 1.807) is 12.1 Å². The quantitative estimate of drug-likeness (QED) is 0.807. The van der Waals surface area contributed by atoms with Gasteiger partial charge in [0, 0.05) is 6.61 Å². The first-order valence-corrected chi connectivity index (χ1v) is 5.49. The SMILES string of the molecule is CC(C)(CCO)C(O)Cc1ccc(F)cc1. The van der Waals surface area contributed by atoms with E-state index in [0.717, 1.165) is 5.56 Å². The molecule has 1 atom stereocenters. The molecule has 3 heteroatoms. The van der Waals surface area contributed by atoms with Crippen LogP contribution in [-0.2, 0) is 6.42 Å². The normalized spacial score (nSPS) is 13.8. The Hall–Kier alpha value is -0.930. The van der Waals surface area contributed by atoms with E-state index in [2.05, 4.69) is 0 Å². The Bertz CT molecular complexity index is 319. The van der Waals surface area contributed by atoms with Crippen LogP contribution in [0.1, 0.15) is 25.8 Å². The maximum atomic E-state index is 12.7. The first kappa shape index (κ1) is 13.1. The van der Waals surface area contributed by atoms with Gasteiger partial charge in [0.15, 0.2) is 0 Å². The Balaban J connectivity index is 2.63. The van der Waals surface area contributed by atoms with Crippen LogP contribution in [0.2, 0.25) is 0 Å². The molecular weight excluding hydrogens is 207 g/mol. The fourth-order valence-corrected chi connectivity index (χ4v) is 1.57. The average Bonchev–Trinajstić information content (AvgIpc) is 2.21. The molecule has 0 heterocycles. The summed E-state index contributed by atoms with van der Waals surface area (Å²) in [6.07, 6.45) is 0.493. The highest BCUT2D eigenvalue weighted by molar-refractivity contribution is 5.17. The topological polar surface area (TPSA) is 40.5 Å². The van der Waals surface area contributed by atoms with Crippen molar-refractivity contribution >= 4 is 0 Å². The van der Waals surface area contributed by atoms with Gasteiger partial charge in [-0.25, -0.2) is 4.39 Å². The van der Waals surface area contributed by atoms with Crippen LogP contribution in [0.4, 0.5) is 4.39 Å². The zero-order chi connectivity index (χ0) is 12.2. The van der Waals surface area contributed by atoms with E-state index in [1.807, 2.05) is 13.8 Å². The Morgan fingerprint density at radius 3 is 2.31 bits per heavy atom. The van der Waals surface area contributed by atoms with Gasteiger partial charge < -0.3 is 10.2 Å². The zero-order valence-corrected chi connectivity index (χ0v) is 9.78. The van der Waals surface area contributed by atoms with Gasteiger partial charge in [-0.1, -0.05) is 26.0 Å². The highest BCUT2D eigenvalue weighted by Crippen LogP contribution is 2.27. The summed E-state index contributed by atoms with van der Waals surface area (Å²) in [6, 6.07) is 6.13. The van der Waals surface area contributed by atoms with Crippen molar-refractivity contribution in [2.45, 2.75) is 32.8 Å². The average molecular weight is 226 g/mol. The second kappa shape index (κ2) is 5.41. The van der Waals surface area contributed by atoms with E-state index >= 15 is 0 Å². The summed E-state index contributed by atoms with van der Waals surface area (Å²) in [5.41, 5.74) is 0.572. The minimum Gasteiger partial charge on any atom is -0.396 e. The highest BCUT2D eigenvalue weighted by atomic mass is 19.1. The molecule has 1 rings (SSSR count). The van der Waals surface area contributed by atoms with Crippen LogP contribution in [0.3, 0.4) is 0 Å². The van der Waals surface area contributed by atoms with E-state index in [0.29, 0.717) is 12.8 Å². The van der Waals surface area contributed by atoms with Crippen LogP contribution in [-0.4, -0.2) is 22.9 Å². The molecule has 1 aromatic carbocycles. The predicted molar refractivity (Wildman–Crippen MR) is 61.6 cm³/mol. The van der Waals surface area contributed by atoms with Crippen LogP contribution < -0.4 is 0 Å². The smallest absolute Gasteiger partial charge is 0.123 e. The molecule has 90 valence electrons. The van der Waals surface area contributed by atoms with Crippen molar-refractivity contribution in [2.75, 3.05) is 6.61 Å². The van der Waals surface area contributed by atoms with Crippen molar-refractivity contribution < 1.29 is 14.6 Å². The molecule has 2 nitrogen and oxygen atoms in total. The lowest BCUT2D eigenvalue weighted by molar-refractivity contribution is 0.0321. The number of aliphatic hydroxyl groups excluding tert-OH is 2. The lowest BCUT2D eigenvalue weighted by Crippen LogP contribution is -2.32. The molecular formula is C13H19FO2. The van der Waals surface area contributed by atoms with Gasteiger partial charge in [-0.05, 0) is 36.0 Å². The third-order valence-electron chi connectivity index (χ3n) is 3.00. The fourth-order valence-electron chi connectivity index (χ4n) is 1.57. The lowest BCUT2D eigenvalue weighted by Gasteiger charge is -2.30. The first-order chi connectivity index (χ1) is 7.45. The fraction of sp³-hybridized carbons (Fsp3) is 0.538. The maximum Gasteiger partial charge on any atom is 0.123 e. The molecule has 16 heavy (non-hydrogen) atoms. The van der Waals surface area contributed by atoms with Crippen molar-refractivity contribution in [3.8, 4) is 0 Å². The van der Waals surface area contributed by atoms with Gasteiger partial charge >= 0.3 is 0 Å². The number of halogens is 1. The largest absolute Gasteiger partial charge is 0.396 e. The van der Waals surface area contributed by atoms with Gasteiger partial charge in [0.25, 0.3) is 0 Å². The zero-order valence-electron chi connectivity index (χ0n) is 9.78. The Labute approximate surface area is 95.7 Å². The molecule has 0 amide bonds. The Morgan fingerprint density at radius 1 is 1.25 bits per heavy atom. The minimum absolute atomic E-state index is 0.0630. The molecule has 0 aromatic heterocycles. The van der Waals surface area contributed by atoms with E-state index in [-0.39, 0.29) is 17.8 Å². The summed E-state index contributed by atoms with van der Waals surface area (Å²) in [7, 11) is 0.